The standard InChI is InChI=1S/C28H26BN7O4/c1-28(2)25-20(29(38)40-28)10-11-23(34-25)33-24-13-21(32-22(16-37)17-7-4-3-5-8-17)19(15-31-24)27-36-35-26(39-27)18-9-6-12-30-14-18/h3-15,22,37-38H,16H2,1-2H3,(H2,31,32,33,34)/t22-/m1/s1. The number of aliphatic hydroxyl groups is 1. The normalized spacial score (nSPS) is 14.6. The van der Waals surface area contributed by atoms with E-state index in [1.54, 1.807) is 42.9 Å². The van der Waals surface area contributed by atoms with Crippen molar-refractivity contribution < 1.29 is 19.2 Å². The number of aliphatic hydroxyl groups excluding tert-OH is 1. The number of aromatic nitrogens is 5. The fraction of sp³-hybridized carbons (Fsp3) is 0.179. The second kappa shape index (κ2) is 10.5. The van der Waals surface area contributed by atoms with Crippen molar-refractivity contribution in [1.82, 2.24) is 25.1 Å². The van der Waals surface area contributed by atoms with Gasteiger partial charge in [0.15, 0.2) is 0 Å². The average molecular weight is 535 g/mol. The number of pyridine rings is 3. The van der Waals surface area contributed by atoms with Gasteiger partial charge in [-0.05, 0) is 37.6 Å². The van der Waals surface area contributed by atoms with Crippen LogP contribution in [0.3, 0.4) is 0 Å². The molecule has 4 aromatic heterocycles. The molecule has 0 unspecified atom stereocenters. The highest BCUT2D eigenvalue weighted by Gasteiger charge is 2.42. The van der Waals surface area contributed by atoms with E-state index in [2.05, 4.69) is 35.8 Å². The number of anilines is 3. The first kappa shape index (κ1) is 25.6. The summed E-state index contributed by atoms with van der Waals surface area (Å²) in [7, 11) is -1.01. The molecule has 0 aliphatic carbocycles. The Morgan fingerprint density at radius 2 is 1.80 bits per heavy atom. The lowest BCUT2D eigenvalue weighted by Gasteiger charge is -2.21. The Hall–Kier alpha value is -4.65. The van der Waals surface area contributed by atoms with Crippen LogP contribution in [0.4, 0.5) is 17.3 Å². The fourth-order valence-corrected chi connectivity index (χ4v) is 4.61. The molecule has 0 saturated heterocycles. The van der Waals surface area contributed by atoms with Crippen LogP contribution in [0.15, 0.2) is 83.7 Å². The SMILES string of the molecule is CC1(C)OB(O)c2ccc(Nc3cc(N[C@H](CO)c4ccccc4)c(-c4nnc(-c5cccnc5)o4)cn3)nc21. The average Bonchev–Trinajstić information content (AvgIpc) is 3.55. The van der Waals surface area contributed by atoms with E-state index < -0.39 is 18.8 Å². The van der Waals surface area contributed by atoms with Crippen LogP contribution in [-0.4, -0.2) is 49.0 Å². The topological polar surface area (TPSA) is 151 Å². The molecule has 11 nitrogen and oxygen atoms in total. The molecule has 0 saturated carbocycles. The Morgan fingerprint density at radius 1 is 0.975 bits per heavy atom. The zero-order chi connectivity index (χ0) is 27.7. The van der Waals surface area contributed by atoms with Crippen LogP contribution < -0.4 is 16.1 Å². The molecule has 0 amide bonds. The van der Waals surface area contributed by atoms with Crippen molar-refractivity contribution in [2.75, 3.05) is 17.2 Å². The monoisotopic (exact) mass is 535 g/mol. The molecule has 1 aromatic carbocycles. The summed E-state index contributed by atoms with van der Waals surface area (Å²) < 4.78 is 11.6. The summed E-state index contributed by atoms with van der Waals surface area (Å²) in [4.78, 5) is 13.4. The van der Waals surface area contributed by atoms with E-state index in [1.807, 2.05) is 50.2 Å². The summed E-state index contributed by atoms with van der Waals surface area (Å²) in [5.41, 5.74) is 3.33. The highest BCUT2D eigenvalue weighted by Crippen LogP contribution is 2.34. The predicted octanol–water partition coefficient (Wildman–Crippen LogP) is 3.43. The highest BCUT2D eigenvalue weighted by atomic mass is 16.5. The van der Waals surface area contributed by atoms with E-state index >= 15 is 0 Å². The number of rotatable bonds is 8. The molecule has 0 bridgehead atoms. The zero-order valence-corrected chi connectivity index (χ0v) is 21.8. The van der Waals surface area contributed by atoms with Crippen LogP contribution >= 0.6 is 0 Å². The summed E-state index contributed by atoms with van der Waals surface area (Å²) in [5.74, 6) is 1.61. The van der Waals surface area contributed by atoms with Gasteiger partial charge < -0.3 is 29.8 Å². The third kappa shape index (κ3) is 5.03. The maximum absolute atomic E-state index is 10.2. The van der Waals surface area contributed by atoms with Crippen LogP contribution in [0, 0.1) is 0 Å². The molecule has 6 rings (SSSR count). The van der Waals surface area contributed by atoms with E-state index in [0.717, 1.165) is 5.56 Å². The van der Waals surface area contributed by atoms with E-state index in [4.69, 9.17) is 9.07 Å². The number of fused-ring (bicyclic) bond motifs is 1. The van der Waals surface area contributed by atoms with E-state index in [-0.39, 0.29) is 12.5 Å². The molecule has 5 heterocycles. The molecule has 12 heteroatoms. The maximum Gasteiger partial charge on any atom is 0.493 e. The molecule has 1 aliphatic heterocycles. The number of hydrogen-bond acceptors (Lipinski definition) is 11. The summed E-state index contributed by atoms with van der Waals surface area (Å²) >= 11 is 0. The molecule has 200 valence electrons. The van der Waals surface area contributed by atoms with Gasteiger partial charge in [-0.15, -0.1) is 10.2 Å². The third-order valence-corrected chi connectivity index (χ3v) is 6.61. The number of nitrogens with one attached hydrogen (secondary N) is 2. The summed E-state index contributed by atoms with van der Waals surface area (Å²) in [6, 6.07) is 18.2. The minimum absolute atomic E-state index is 0.150. The van der Waals surface area contributed by atoms with Crippen molar-refractivity contribution in [1.29, 1.82) is 0 Å². The highest BCUT2D eigenvalue weighted by molar-refractivity contribution is 6.61. The Balaban J connectivity index is 1.36. The summed E-state index contributed by atoms with van der Waals surface area (Å²) in [5, 5.41) is 35.5. The molecule has 0 radical (unpaired) electrons. The van der Waals surface area contributed by atoms with Crippen LogP contribution in [-0.2, 0) is 10.3 Å². The minimum atomic E-state index is -1.01. The Labute approximate surface area is 230 Å². The lowest BCUT2D eigenvalue weighted by molar-refractivity contribution is 0.0970. The lowest BCUT2D eigenvalue weighted by atomic mass is 9.80. The maximum atomic E-state index is 10.2. The first-order valence-corrected chi connectivity index (χ1v) is 12.7. The van der Waals surface area contributed by atoms with E-state index in [1.165, 1.54) is 0 Å². The number of benzene rings is 1. The Morgan fingerprint density at radius 3 is 2.58 bits per heavy atom. The lowest BCUT2D eigenvalue weighted by Crippen LogP contribution is -2.28. The molecule has 0 fully saturated rings. The molecule has 1 atom stereocenters. The number of nitrogens with zero attached hydrogens (tertiary/aromatic N) is 5. The van der Waals surface area contributed by atoms with Gasteiger partial charge in [-0.1, -0.05) is 36.4 Å². The molecule has 4 N–H and O–H groups in total. The van der Waals surface area contributed by atoms with Gasteiger partial charge in [0, 0.05) is 30.1 Å². The molecule has 1 aliphatic rings. The van der Waals surface area contributed by atoms with Crippen molar-refractivity contribution in [3.8, 4) is 22.9 Å². The molecule has 40 heavy (non-hydrogen) atoms. The van der Waals surface area contributed by atoms with Crippen LogP contribution in [0.2, 0.25) is 0 Å². The van der Waals surface area contributed by atoms with Crippen molar-refractivity contribution in [3.63, 3.8) is 0 Å². The second-order valence-electron chi connectivity index (χ2n) is 9.80. The van der Waals surface area contributed by atoms with Gasteiger partial charge in [0.1, 0.15) is 11.6 Å². The van der Waals surface area contributed by atoms with E-state index in [0.29, 0.717) is 45.5 Å². The first-order valence-electron chi connectivity index (χ1n) is 12.7. The quantitative estimate of drug-likeness (QED) is 0.216. The van der Waals surface area contributed by atoms with Crippen molar-refractivity contribution in [2.45, 2.75) is 25.5 Å². The van der Waals surface area contributed by atoms with Gasteiger partial charge in [0.05, 0.1) is 40.8 Å². The molecule has 0 spiro atoms. The van der Waals surface area contributed by atoms with Gasteiger partial charge in [-0.3, -0.25) is 4.98 Å². The van der Waals surface area contributed by atoms with Gasteiger partial charge >= 0.3 is 7.12 Å². The molecular weight excluding hydrogens is 509 g/mol. The third-order valence-electron chi connectivity index (χ3n) is 6.61. The van der Waals surface area contributed by atoms with Crippen molar-refractivity contribution in [2.24, 2.45) is 0 Å². The predicted molar refractivity (Wildman–Crippen MR) is 150 cm³/mol. The van der Waals surface area contributed by atoms with Crippen molar-refractivity contribution >= 4 is 29.9 Å². The fourth-order valence-electron chi connectivity index (χ4n) is 4.61. The Bertz CT molecular complexity index is 1630. The van der Waals surface area contributed by atoms with Gasteiger partial charge in [-0.2, -0.15) is 0 Å². The smallest absolute Gasteiger partial charge is 0.423 e. The second-order valence-corrected chi connectivity index (χ2v) is 9.80. The van der Waals surface area contributed by atoms with E-state index in [9.17, 15) is 10.1 Å². The largest absolute Gasteiger partial charge is 0.493 e. The first-order chi connectivity index (χ1) is 19.4. The van der Waals surface area contributed by atoms with Gasteiger partial charge in [0.25, 0.3) is 5.89 Å². The van der Waals surface area contributed by atoms with Crippen LogP contribution in [0.1, 0.15) is 31.1 Å². The summed E-state index contributed by atoms with van der Waals surface area (Å²) in [6.07, 6.45) is 4.94. The van der Waals surface area contributed by atoms with Gasteiger partial charge in [0.2, 0.25) is 5.89 Å². The minimum Gasteiger partial charge on any atom is -0.423 e. The number of hydrogen-bond donors (Lipinski definition) is 4. The van der Waals surface area contributed by atoms with Crippen LogP contribution in [0.5, 0.6) is 0 Å². The zero-order valence-electron chi connectivity index (χ0n) is 21.8. The summed E-state index contributed by atoms with van der Waals surface area (Å²) in [6.45, 7) is 3.57. The van der Waals surface area contributed by atoms with Crippen LogP contribution in [0.25, 0.3) is 22.9 Å². The molecular formula is C28H26BN7O4. The molecule has 5 aromatic rings. The van der Waals surface area contributed by atoms with Crippen molar-refractivity contribution in [3.05, 3.63) is 90.5 Å². The Kier molecular flexibility index (Phi) is 6.72. The van der Waals surface area contributed by atoms with Gasteiger partial charge in [-0.25, -0.2) is 9.97 Å².